The van der Waals surface area contributed by atoms with Crippen LogP contribution in [0.25, 0.3) is 0 Å². The topological polar surface area (TPSA) is 109 Å². The number of nitrogens with zero attached hydrogens (tertiary/aromatic N) is 2. The number of anilines is 1. The van der Waals surface area contributed by atoms with Gasteiger partial charge in [-0.2, -0.15) is 0 Å². The number of aryl methyl sites for hydroxylation is 1. The van der Waals surface area contributed by atoms with Gasteiger partial charge in [0, 0.05) is 47.1 Å². The quantitative estimate of drug-likeness (QED) is 0.339. The molecule has 0 unspecified atom stereocenters. The van der Waals surface area contributed by atoms with Gasteiger partial charge < -0.3 is 14.7 Å². The van der Waals surface area contributed by atoms with Crippen LogP contribution < -0.4 is 14.4 Å². The molecule has 3 aromatic rings. The maximum Gasteiger partial charge on any atom is 0.264 e. The van der Waals surface area contributed by atoms with Crippen LogP contribution in [0.5, 0.6) is 5.75 Å². The largest absolute Gasteiger partial charge is 0.490 e. The third kappa shape index (κ3) is 6.14. The summed E-state index contributed by atoms with van der Waals surface area (Å²) in [7, 11) is -4.03. The predicted octanol–water partition coefficient (Wildman–Crippen LogP) is 5.68. The summed E-state index contributed by atoms with van der Waals surface area (Å²) in [6.07, 6.45) is 10.6. The van der Waals surface area contributed by atoms with Crippen LogP contribution in [0, 0.1) is 11.8 Å². The molecule has 1 spiro atoms. The third-order valence-electron chi connectivity index (χ3n) is 10.2. The maximum atomic E-state index is 13.6. The number of allylic oxidation sites excluding steroid dienone is 1. The molecule has 0 saturated heterocycles. The molecule has 0 radical (unpaired) electrons. The van der Waals surface area contributed by atoms with Crippen LogP contribution in [-0.2, 0) is 28.3 Å². The van der Waals surface area contributed by atoms with E-state index in [2.05, 4.69) is 26.7 Å². The SMILES string of the molecule is O=C1NS(=O)(=O)[C@H](Cc2nccs2)CC/C=C\[C@H](O)[C@@H]2CC[C@H]2CN2C[C@@]3(CCCc4cc(Cl)ccc43)COc3ccc1cc32. The zero-order chi connectivity index (χ0) is 31.2. The lowest BCUT2D eigenvalue weighted by Crippen LogP contribution is -2.49. The number of aliphatic hydroxyl groups excluding tert-OH is 1. The van der Waals surface area contributed by atoms with Gasteiger partial charge in [-0.05, 0) is 98.2 Å². The number of thiazole rings is 1. The molecule has 1 aromatic heterocycles. The van der Waals surface area contributed by atoms with E-state index in [0.29, 0.717) is 43.3 Å². The first-order valence-corrected chi connectivity index (χ1v) is 18.6. The highest BCUT2D eigenvalue weighted by Crippen LogP contribution is 2.46. The smallest absolute Gasteiger partial charge is 0.264 e. The van der Waals surface area contributed by atoms with E-state index in [9.17, 15) is 18.3 Å². The normalized spacial score (nSPS) is 30.2. The van der Waals surface area contributed by atoms with Crippen molar-refractivity contribution in [3.05, 3.63) is 86.8 Å². The first-order valence-electron chi connectivity index (χ1n) is 15.8. The first kappa shape index (κ1) is 30.7. The number of carbonyl (C=O) groups is 1. The molecule has 238 valence electrons. The van der Waals surface area contributed by atoms with Gasteiger partial charge in [0.05, 0.1) is 28.7 Å². The molecule has 2 bridgehead atoms. The first-order chi connectivity index (χ1) is 21.7. The van der Waals surface area contributed by atoms with Crippen LogP contribution in [-0.4, -0.2) is 55.5 Å². The minimum atomic E-state index is -4.03. The van der Waals surface area contributed by atoms with Crippen molar-refractivity contribution in [2.45, 2.75) is 68.1 Å². The van der Waals surface area contributed by atoms with Gasteiger partial charge >= 0.3 is 0 Å². The average molecular weight is 668 g/mol. The number of nitrogens with one attached hydrogen (secondary N) is 1. The number of rotatable bonds is 2. The predicted molar refractivity (Wildman–Crippen MR) is 177 cm³/mol. The highest BCUT2D eigenvalue weighted by molar-refractivity contribution is 7.90. The van der Waals surface area contributed by atoms with Gasteiger partial charge in [-0.1, -0.05) is 29.8 Å². The molecule has 45 heavy (non-hydrogen) atoms. The van der Waals surface area contributed by atoms with Crippen molar-refractivity contribution in [1.82, 2.24) is 9.71 Å². The summed E-state index contributed by atoms with van der Waals surface area (Å²) >= 11 is 7.80. The van der Waals surface area contributed by atoms with E-state index in [-0.39, 0.29) is 29.2 Å². The van der Waals surface area contributed by atoms with E-state index in [4.69, 9.17) is 16.3 Å². The Labute approximate surface area is 273 Å². The zero-order valence-corrected chi connectivity index (χ0v) is 27.4. The van der Waals surface area contributed by atoms with Crippen molar-refractivity contribution < 1.29 is 23.1 Å². The van der Waals surface area contributed by atoms with E-state index in [1.165, 1.54) is 22.5 Å². The minimum absolute atomic E-state index is 0.108. The van der Waals surface area contributed by atoms with Gasteiger partial charge in [0.2, 0.25) is 10.0 Å². The molecule has 1 saturated carbocycles. The number of carbonyl (C=O) groups excluding carboxylic acids is 1. The summed E-state index contributed by atoms with van der Waals surface area (Å²) in [5.41, 5.74) is 3.27. The molecular formula is C34H38ClN3O5S2. The third-order valence-corrected chi connectivity index (χ3v) is 13.0. The Kier molecular flexibility index (Phi) is 8.43. The second-order valence-electron chi connectivity index (χ2n) is 13.0. The number of sulfonamides is 1. The van der Waals surface area contributed by atoms with Crippen molar-refractivity contribution in [1.29, 1.82) is 0 Å². The summed E-state index contributed by atoms with van der Waals surface area (Å²) in [4.78, 5) is 20.2. The molecule has 2 aliphatic heterocycles. The highest BCUT2D eigenvalue weighted by atomic mass is 35.5. The second kappa shape index (κ2) is 12.4. The fourth-order valence-corrected chi connectivity index (χ4v) is 10.0. The number of ether oxygens (including phenoxy) is 1. The standard InChI is InChI=1S/C34H38ClN3O5S2/c35-25-9-11-28-22(16-25)4-3-13-34(28)20-38-19-24-7-10-27(24)30(39)6-2-1-5-26(18-32-36-14-15-44-32)45(41,42)37-33(40)23-8-12-31(43-21-34)29(38)17-23/h2,6,8-9,11-12,14-17,24,26-27,30,39H,1,3-5,7,10,13,18-21H2,(H,37,40)/b6-2-/t24-,26-,27+,30-,34-/m0/s1. The van der Waals surface area contributed by atoms with E-state index in [1.54, 1.807) is 24.4 Å². The van der Waals surface area contributed by atoms with Gasteiger partial charge in [-0.25, -0.2) is 18.1 Å². The number of halogens is 1. The second-order valence-corrected chi connectivity index (χ2v) is 16.4. The Morgan fingerprint density at radius 1 is 1.18 bits per heavy atom. The Morgan fingerprint density at radius 2 is 2.07 bits per heavy atom. The summed E-state index contributed by atoms with van der Waals surface area (Å²) < 4.78 is 36.2. The van der Waals surface area contributed by atoms with Crippen LogP contribution in [0.3, 0.4) is 0 Å². The Bertz CT molecular complexity index is 1710. The lowest BCUT2D eigenvalue weighted by Gasteiger charge is -2.45. The molecule has 1 amide bonds. The zero-order valence-electron chi connectivity index (χ0n) is 25.0. The molecule has 2 aliphatic carbocycles. The van der Waals surface area contributed by atoms with Crippen molar-refractivity contribution in [2.75, 3.05) is 24.6 Å². The van der Waals surface area contributed by atoms with Crippen LogP contribution in [0.15, 0.2) is 60.1 Å². The Hall–Kier alpha value is -2.92. The molecule has 2 aromatic carbocycles. The fraction of sp³-hybridized carbons (Fsp3) is 0.471. The molecule has 7 rings (SSSR count). The fourth-order valence-electron chi connectivity index (χ4n) is 7.66. The number of amides is 1. The number of aromatic nitrogens is 1. The van der Waals surface area contributed by atoms with E-state index in [1.807, 2.05) is 23.6 Å². The van der Waals surface area contributed by atoms with Crippen molar-refractivity contribution in [2.24, 2.45) is 11.8 Å². The lowest BCUT2D eigenvalue weighted by atomic mass is 9.68. The lowest BCUT2D eigenvalue weighted by molar-refractivity contribution is 0.0456. The molecule has 3 heterocycles. The van der Waals surface area contributed by atoms with Crippen LogP contribution in [0.2, 0.25) is 5.02 Å². The van der Waals surface area contributed by atoms with Crippen molar-refractivity contribution in [3.8, 4) is 5.75 Å². The summed E-state index contributed by atoms with van der Waals surface area (Å²) in [5.74, 6) is 0.394. The summed E-state index contributed by atoms with van der Waals surface area (Å²) in [5, 5.41) is 13.6. The van der Waals surface area contributed by atoms with E-state index >= 15 is 0 Å². The molecule has 8 nitrogen and oxygen atoms in total. The van der Waals surface area contributed by atoms with Gasteiger partial charge in [0.15, 0.2) is 0 Å². The molecule has 1 fully saturated rings. The number of hydrogen-bond acceptors (Lipinski definition) is 8. The highest BCUT2D eigenvalue weighted by Gasteiger charge is 2.44. The molecule has 11 heteroatoms. The number of benzene rings is 2. The number of aliphatic hydroxyl groups is 1. The monoisotopic (exact) mass is 667 g/mol. The van der Waals surface area contributed by atoms with Crippen LogP contribution in [0.4, 0.5) is 5.69 Å². The van der Waals surface area contributed by atoms with Crippen LogP contribution >= 0.6 is 22.9 Å². The van der Waals surface area contributed by atoms with Crippen LogP contribution in [0.1, 0.15) is 65.0 Å². The Morgan fingerprint density at radius 3 is 2.87 bits per heavy atom. The van der Waals surface area contributed by atoms with Gasteiger partial charge in [-0.3, -0.25) is 4.79 Å². The summed E-state index contributed by atoms with van der Waals surface area (Å²) in [6.45, 7) is 1.88. The summed E-state index contributed by atoms with van der Waals surface area (Å²) in [6, 6.07) is 11.4. The molecule has 2 N–H and O–H groups in total. The Balaban J connectivity index is 1.27. The average Bonchev–Trinajstić information content (AvgIpc) is 3.46. The molecule has 5 atom stereocenters. The van der Waals surface area contributed by atoms with Crippen molar-refractivity contribution in [3.63, 3.8) is 0 Å². The van der Waals surface area contributed by atoms with E-state index < -0.39 is 27.3 Å². The van der Waals surface area contributed by atoms with E-state index in [0.717, 1.165) is 42.8 Å². The van der Waals surface area contributed by atoms with Crippen molar-refractivity contribution >= 4 is 44.6 Å². The number of hydrogen-bond donors (Lipinski definition) is 2. The molecular weight excluding hydrogens is 630 g/mol. The molecule has 4 aliphatic rings. The van der Waals surface area contributed by atoms with Gasteiger partial charge in [0.25, 0.3) is 5.91 Å². The maximum absolute atomic E-state index is 13.6. The van der Waals surface area contributed by atoms with Gasteiger partial charge in [-0.15, -0.1) is 11.3 Å². The van der Waals surface area contributed by atoms with Gasteiger partial charge in [0.1, 0.15) is 5.75 Å². The number of fused-ring (bicyclic) bond motifs is 4. The minimum Gasteiger partial charge on any atom is -0.490 e.